The van der Waals surface area contributed by atoms with Crippen LogP contribution in [-0.2, 0) is 4.74 Å². The molecule has 0 fully saturated rings. The van der Waals surface area contributed by atoms with Gasteiger partial charge in [-0.1, -0.05) is 12.2 Å². The van der Waals surface area contributed by atoms with Crippen molar-refractivity contribution in [3.8, 4) is 0 Å². The lowest BCUT2D eigenvalue weighted by molar-refractivity contribution is -0.384. The number of nitro benzene ring substituents is 1. The van der Waals surface area contributed by atoms with Crippen LogP contribution in [0.25, 0.3) is 0 Å². The Labute approximate surface area is 81.0 Å². The van der Waals surface area contributed by atoms with Gasteiger partial charge in [0.15, 0.2) is 0 Å². The largest absolute Gasteiger partial charge is 0.365 e. The molecule has 0 saturated carbocycles. The molecular formula is C10H9NO3. The number of rotatable bonds is 2. The van der Waals surface area contributed by atoms with Crippen LogP contribution in [0.3, 0.4) is 0 Å². The highest BCUT2D eigenvalue weighted by Crippen LogP contribution is 2.24. The van der Waals surface area contributed by atoms with Crippen molar-refractivity contribution in [2.75, 3.05) is 6.61 Å². The summed E-state index contributed by atoms with van der Waals surface area (Å²) in [6.45, 7) is 0.613. The van der Waals surface area contributed by atoms with E-state index in [2.05, 4.69) is 0 Å². The van der Waals surface area contributed by atoms with Gasteiger partial charge in [0.25, 0.3) is 5.69 Å². The molecule has 1 atom stereocenters. The van der Waals surface area contributed by atoms with E-state index >= 15 is 0 Å². The molecule has 0 aromatic heterocycles. The van der Waals surface area contributed by atoms with E-state index < -0.39 is 4.92 Å². The Bertz CT molecular complexity index is 369. The average molecular weight is 191 g/mol. The molecule has 4 heteroatoms. The first-order valence-corrected chi connectivity index (χ1v) is 4.30. The predicted octanol–water partition coefficient (Wildman–Crippen LogP) is 2.22. The first-order chi connectivity index (χ1) is 6.77. The van der Waals surface area contributed by atoms with Crippen molar-refractivity contribution in [2.24, 2.45) is 0 Å². The summed E-state index contributed by atoms with van der Waals surface area (Å²) >= 11 is 0. The monoisotopic (exact) mass is 191 g/mol. The number of benzene rings is 1. The maximum absolute atomic E-state index is 10.4. The number of nitro groups is 1. The lowest BCUT2D eigenvalue weighted by Gasteiger charge is -2.07. The highest BCUT2D eigenvalue weighted by molar-refractivity contribution is 5.35. The van der Waals surface area contributed by atoms with Crippen LogP contribution in [-0.4, -0.2) is 11.5 Å². The quantitative estimate of drug-likeness (QED) is 0.409. The van der Waals surface area contributed by atoms with E-state index in [9.17, 15) is 10.1 Å². The minimum absolute atomic E-state index is 0.0456. The van der Waals surface area contributed by atoms with Crippen LogP contribution in [0.1, 0.15) is 11.7 Å². The highest BCUT2D eigenvalue weighted by atomic mass is 16.6. The first-order valence-electron chi connectivity index (χ1n) is 4.30. The predicted molar refractivity (Wildman–Crippen MR) is 50.9 cm³/mol. The van der Waals surface area contributed by atoms with E-state index in [0.29, 0.717) is 6.61 Å². The highest BCUT2D eigenvalue weighted by Gasteiger charge is 2.13. The second-order valence-electron chi connectivity index (χ2n) is 3.03. The van der Waals surface area contributed by atoms with Crippen molar-refractivity contribution in [3.63, 3.8) is 0 Å². The summed E-state index contributed by atoms with van der Waals surface area (Å²) in [5, 5.41) is 10.4. The standard InChI is InChI=1S/C10H9NO3/c12-11(13)9-5-3-8(4-6-9)10-2-1-7-14-10/h1-6,10H,7H2/t10-/m1/s1. The van der Waals surface area contributed by atoms with Crippen LogP contribution < -0.4 is 0 Å². The smallest absolute Gasteiger partial charge is 0.269 e. The van der Waals surface area contributed by atoms with Gasteiger partial charge in [-0.2, -0.15) is 0 Å². The fraction of sp³-hybridized carbons (Fsp3) is 0.200. The third-order valence-corrected chi connectivity index (χ3v) is 2.12. The van der Waals surface area contributed by atoms with Gasteiger partial charge in [-0.15, -0.1) is 0 Å². The van der Waals surface area contributed by atoms with Crippen molar-refractivity contribution >= 4 is 5.69 Å². The van der Waals surface area contributed by atoms with Crippen molar-refractivity contribution in [1.29, 1.82) is 0 Å². The molecule has 0 N–H and O–H groups in total. The van der Waals surface area contributed by atoms with Crippen LogP contribution in [0.5, 0.6) is 0 Å². The molecular weight excluding hydrogens is 182 g/mol. The Morgan fingerprint density at radius 1 is 1.36 bits per heavy atom. The average Bonchev–Trinajstić information content (AvgIpc) is 2.71. The number of hydrogen-bond acceptors (Lipinski definition) is 3. The Balaban J connectivity index is 2.21. The van der Waals surface area contributed by atoms with Gasteiger partial charge in [0, 0.05) is 12.1 Å². The Kier molecular flexibility index (Phi) is 2.28. The van der Waals surface area contributed by atoms with Crippen molar-refractivity contribution < 1.29 is 9.66 Å². The molecule has 0 bridgehead atoms. The zero-order valence-electron chi connectivity index (χ0n) is 7.42. The van der Waals surface area contributed by atoms with E-state index in [4.69, 9.17) is 4.74 Å². The van der Waals surface area contributed by atoms with E-state index in [1.807, 2.05) is 12.2 Å². The van der Waals surface area contributed by atoms with Crippen LogP contribution in [0.4, 0.5) is 5.69 Å². The molecule has 0 amide bonds. The fourth-order valence-electron chi connectivity index (χ4n) is 1.39. The lowest BCUT2D eigenvalue weighted by Crippen LogP contribution is -1.96. The SMILES string of the molecule is O=[N+]([O-])c1ccc([C@H]2C=CCO2)cc1. The van der Waals surface area contributed by atoms with Gasteiger partial charge in [0.05, 0.1) is 11.5 Å². The van der Waals surface area contributed by atoms with E-state index in [-0.39, 0.29) is 11.8 Å². The Hall–Kier alpha value is -1.68. The van der Waals surface area contributed by atoms with Gasteiger partial charge >= 0.3 is 0 Å². The van der Waals surface area contributed by atoms with E-state index in [1.54, 1.807) is 12.1 Å². The van der Waals surface area contributed by atoms with Crippen molar-refractivity contribution in [2.45, 2.75) is 6.10 Å². The molecule has 72 valence electrons. The van der Waals surface area contributed by atoms with Crippen molar-refractivity contribution in [1.82, 2.24) is 0 Å². The summed E-state index contributed by atoms with van der Waals surface area (Å²) in [6, 6.07) is 6.42. The number of hydrogen-bond donors (Lipinski definition) is 0. The first kappa shape index (κ1) is 8.90. The maximum atomic E-state index is 10.4. The maximum Gasteiger partial charge on any atom is 0.269 e. The summed E-state index contributed by atoms with van der Waals surface area (Å²) in [5.41, 5.74) is 1.06. The third-order valence-electron chi connectivity index (χ3n) is 2.12. The van der Waals surface area contributed by atoms with E-state index in [0.717, 1.165) is 5.56 Å². The molecule has 0 saturated heterocycles. The van der Waals surface area contributed by atoms with Crippen LogP contribution in [0.15, 0.2) is 36.4 Å². The van der Waals surface area contributed by atoms with Gasteiger partial charge in [-0.05, 0) is 17.7 Å². The molecule has 1 aliphatic heterocycles. The van der Waals surface area contributed by atoms with Gasteiger partial charge in [-0.3, -0.25) is 10.1 Å². The third kappa shape index (κ3) is 1.65. The minimum atomic E-state index is -0.408. The molecule has 0 aliphatic carbocycles. The molecule has 14 heavy (non-hydrogen) atoms. The second kappa shape index (κ2) is 3.59. The topological polar surface area (TPSA) is 52.4 Å². The zero-order chi connectivity index (χ0) is 9.97. The zero-order valence-corrected chi connectivity index (χ0v) is 7.42. The summed E-state index contributed by atoms with van der Waals surface area (Å²) < 4.78 is 5.36. The van der Waals surface area contributed by atoms with Crippen molar-refractivity contribution in [3.05, 3.63) is 52.1 Å². The molecule has 1 aliphatic rings. The molecule has 0 spiro atoms. The summed E-state index contributed by atoms with van der Waals surface area (Å²) in [5.74, 6) is 0. The molecule has 2 rings (SSSR count). The van der Waals surface area contributed by atoms with Gasteiger partial charge in [0.1, 0.15) is 6.10 Å². The normalized spacial score (nSPS) is 19.9. The lowest BCUT2D eigenvalue weighted by atomic mass is 10.1. The summed E-state index contributed by atoms with van der Waals surface area (Å²) in [6.07, 6.45) is 3.84. The molecule has 0 radical (unpaired) electrons. The second-order valence-corrected chi connectivity index (χ2v) is 3.03. The molecule has 4 nitrogen and oxygen atoms in total. The Morgan fingerprint density at radius 2 is 2.07 bits per heavy atom. The van der Waals surface area contributed by atoms with Gasteiger partial charge in [0.2, 0.25) is 0 Å². The molecule has 1 aromatic carbocycles. The van der Waals surface area contributed by atoms with Crippen LogP contribution >= 0.6 is 0 Å². The molecule has 1 aromatic rings. The minimum Gasteiger partial charge on any atom is -0.365 e. The fourth-order valence-corrected chi connectivity index (χ4v) is 1.39. The van der Waals surface area contributed by atoms with Crippen LogP contribution in [0.2, 0.25) is 0 Å². The summed E-state index contributed by atoms with van der Waals surface area (Å²) in [4.78, 5) is 9.99. The van der Waals surface area contributed by atoms with Gasteiger partial charge in [-0.25, -0.2) is 0 Å². The molecule has 1 heterocycles. The number of ether oxygens (including phenoxy) is 1. The number of non-ortho nitro benzene ring substituents is 1. The van der Waals surface area contributed by atoms with Crippen LogP contribution in [0, 0.1) is 10.1 Å². The Morgan fingerprint density at radius 3 is 2.57 bits per heavy atom. The summed E-state index contributed by atoms with van der Waals surface area (Å²) in [7, 11) is 0. The molecule has 0 unspecified atom stereocenters. The van der Waals surface area contributed by atoms with E-state index in [1.165, 1.54) is 12.1 Å². The number of nitrogens with zero attached hydrogens (tertiary/aromatic N) is 1. The van der Waals surface area contributed by atoms with Gasteiger partial charge < -0.3 is 4.74 Å².